The van der Waals surface area contributed by atoms with E-state index in [4.69, 9.17) is 15.6 Å². The van der Waals surface area contributed by atoms with Gasteiger partial charge >= 0.3 is 6.08 Å². The molecule has 1 fully saturated rings. The third kappa shape index (κ3) is 1.80. The number of nitrogens with two attached hydrogens (primary N) is 1. The SMILES string of the molecule is Nc1nc(F)nc2c1ncn2[C@@H]1O[C@H](CO)[C@H](O)[C@H]1F. The number of rotatable bonds is 2. The van der Waals surface area contributed by atoms with Gasteiger partial charge in [0, 0.05) is 0 Å². The van der Waals surface area contributed by atoms with E-state index in [0.717, 1.165) is 4.57 Å². The number of alkyl halides is 1. The maximum atomic E-state index is 14.0. The van der Waals surface area contributed by atoms with Crippen molar-refractivity contribution < 1.29 is 23.7 Å². The van der Waals surface area contributed by atoms with Crippen LogP contribution in [0.25, 0.3) is 11.2 Å². The first-order chi connectivity index (χ1) is 9.52. The number of nitrogens with zero attached hydrogens (tertiary/aromatic N) is 4. The van der Waals surface area contributed by atoms with Gasteiger partial charge in [0.25, 0.3) is 0 Å². The molecule has 0 radical (unpaired) electrons. The van der Waals surface area contributed by atoms with Gasteiger partial charge in [0.1, 0.15) is 12.2 Å². The van der Waals surface area contributed by atoms with Crippen LogP contribution in [0.2, 0.25) is 0 Å². The summed E-state index contributed by atoms with van der Waals surface area (Å²) in [5.41, 5.74) is 5.55. The van der Waals surface area contributed by atoms with Crippen molar-refractivity contribution in [3.05, 3.63) is 12.4 Å². The number of halogens is 2. The summed E-state index contributed by atoms with van der Waals surface area (Å²) < 4.78 is 33.5. The van der Waals surface area contributed by atoms with E-state index < -0.39 is 37.3 Å². The van der Waals surface area contributed by atoms with E-state index in [0.29, 0.717) is 0 Å². The lowest BCUT2D eigenvalue weighted by atomic mass is 10.1. The molecule has 0 amide bonds. The first-order valence-corrected chi connectivity index (χ1v) is 5.77. The summed E-state index contributed by atoms with van der Waals surface area (Å²) in [6.07, 6.45) is -5.57. The Kier molecular flexibility index (Phi) is 3.00. The van der Waals surface area contributed by atoms with Crippen molar-refractivity contribution in [1.82, 2.24) is 19.5 Å². The van der Waals surface area contributed by atoms with Gasteiger partial charge in [-0.2, -0.15) is 14.4 Å². The minimum Gasteiger partial charge on any atom is -0.394 e. The van der Waals surface area contributed by atoms with Crippen LogP contribution in [0.4, 0.5) is 14.6 Å². The average molecular weight is 287 g/mol. The van der Waals surface area contributed by atoms with Crippen LogP contribution in [0, 0.1) is 6.08 Å². The van der Waals surface area contributed by atoms with Gasteiger partial charge in [-0.1, -0.05) is 0 Å². The number of imidazole rings is 1. The van der Waals surface area contributed by atoms with Gasteiger partial charge in [-0.15, -0.1) is 0 Å². The summed E-state index contributed by atoms with van der Waals surface area (Å²) in [6, 6.07) is 0. The molecule has 8 nitrogen and oxygen atoms in total. The quantitative estimate of drug-likeness (QED) is 0.614. The van der Waals surface area contributed by atoms with Crippen LogP contribution in [0.1, 0.15) is 6.23 Å². The molecule has 2 aromatic rings. The molecule has 0 saturated carbocycles. The largest absolute Gasteiger partial charge is 0.394 e. The molecular weight excluding hydrogens is 276 g/mol. The van der Waals surface area contributed by atoms with Crippen molar-refractivity contribution in [3.8, 4) is 0 Å². The fourth-order valence-electron chi connectivity index (χ4n) is 2.18. The Labute approximate surface area is 110 Å². The summed E-state index contributed by atoms with van der Waals surface area (Å²) in [6.45, 7) is -0.545. The topological polar surface area (TPSA) is 119 Å². The van der Waals surface area contributed by atoms with Crippen molar-refractivity contribution in [2.45, 2.75) is 24.6 Å². The van der Waals surface area contributed by atoms with Crippen molar-refractivity contribution in [3.63, 3.8) is 0 Å². The van der Waals surface area contributed by atoms with Gasteiger partial charge in [-0.05, 0) is 0 Å². The second-order valence-corrected chi connectivity index (χ2v) is 4.38. The molecule has 0 aliphatic carbocycles. The van der Waals surface area contributed by atoms with Gasteiger partial charge in [-0.25, -0.2) is 9.37 Å². The second kappa shape index (κ2) is 4.58. The number of aliphatic hydroxyl groups excluding tert-OH is 2. The number of hydrogen-bond donors (Lipinski definition) is 3. The van der Waals surface area contributed by atoms with E-state index in [1.54, 1.807) is 0 Å². The molecule has 0 bridgehead atoms. The van der Waals surface area contributed by atoms with Crippen LogP contribution in [0.3, 0.4) is 0 Å². The second-order valence-electron chi connectivity index (χ2n) is 4.38. The Morgan fingerprint density at radius 1 is 1.45 bits per heavy atom. The number of anilines is 1. The molecule has 4 N–H and O–H groups in total. The molecule has 108 valence electrons. The lowest BCUT2D eigenvalue weighted by Crippen LogP contribution is -2.30. The summed E-state index contributed by atoms with van der Waals surface area (Å²) in [5.74, 6) is -0.182. The molecule has 2 aromatic heterocycles. The zero-order valence-electron chi connectivity index (χ0n) is 10.0. The normalized spacial score (nSPS) is 30.2. The molecule has 1 aliphatic rings. The molecule has 1 saturated heterocycles. The minimum absolute atomic E-state index is 0.0477. The van der Waals surface area contributed by atoms with Crippen molar-refractivity contribution in [1.29, 1.82) is 0 Å². The summed E-state index contributed by atoms with van der Waals surface area (Å²) in [4.78, 5) is 10.7. The molecule has 4 atom stereocenters. The van der Waals surface area contributed by atoms with E-state index in [9.17, 15) is 13.9 Å². The van der Waals surface area contributed by atoms with Crippen LogP contribution in [-0.4, -0.2) is 54.7 Å². The van der Waals surface area contributed by atoms with E-state index in [-0.39, 0.29) is 17.0 Å². The molecule has 0 unspecified atom stereocenters. The number of fused-ring (bicyclic) bond motifs is 1. The number of aliphatic hydroxyl groups is 2. The highest BCUT2D eigenvalue weighted by molar-refractivity contribution is 5.81. The predicted molar refractivity (Wildman–Crippen MR) is 61.6 cm³/mol. The maximum Gasteiger partial charge on any atom is 0.312 e. The lowest BCUT2D eigenvalue weighted by Gasteiger charge is -2.14. The number of ether oxygens (including phenoxy) is 1. The van der Waals surface area contributed by atoms with Crippen LogP contribution in [0.15, 0.2) is 6.33 Å². The fourth-order valence-corrected chi connectivity index (χ4v) is 2.18. The number of nitrogen functional groups attached to an aromatic ring is 1. The third-order valence-electron chi connectivity index (χ3n) is 3.17. The predicted octanol–water partition coefficient (Wildman–Crippen LogP) is -0.864. The molecule has 20 heavy (non-hydrogen) atoms. The van der Waals surface area contributed by atoms with Gasteiger partial charge in [0.15, 0.2) is 29.4 Å². The molecule has 3 heterocycles. The summed E-state index contributed by atoms with van der Waals surface area (Å²) in [7, 11) is 0. The van der Waals surface area contributed by atoms with Gasteiger partial charge in [0.05, 0.1) is 12.9 Å². The standard InChI is InChI=1S/C10H11F2N5O3/c11-4-6(19)3(1-18)20-9(4)17-2-14-5-7(13)15-10(12)16-8(5)17/h2-4,6,9,18-19H,1H2,(H2,13,15,16)/t3-,4-,6+,9-/m1/s1. The zero-order chi connectivity index (χ0) is 14.4. The number of hydrogen-bond acceptors (Lipinski definition) is 7. The van der Waals surface area contributed by atoms with Crippen LogP contribution in [0.5, 0.6) is 0 Å². The molecule has 1 aliphatic heterocycles. The monoisotopic (exact) mass is 287 g/mol. The van der Waals surface area contributed by atoms with Crippen LogP contribution in [-0.2, 0) is 4.74 Å². The van der Waals surface area contributed by atoms with E-state index in [1.807, 2.05) is 0 Å². The maximum absolute atomic E-state index is 14.0. The van der Waals surface area contributed by atoms with E-state index >= 15 is 0 Å². The molecule has 0 spiro atoms. The molecule has 0 aromatic carbocycles. The lowest BCUT2D eigenvalue weighted by molar-refractivity contribution is -0.0459. The fraction of sp³-hybridized carbons (Fsp3) is 0.500. The minimum atomic E-state index is -1.82. The van der Waals surface area contributed by atoms with Crippen molar-refractivity contribution in [2.24, 2.45) is 0 Å². The molecular formula is C10H11F2N5O3. The van der Waals surface area contributed by atoms with Crippen LogP contribution >= 0.6 is 0 Å². The average Bonchev–Trinajstić information content (AvgIpc) is 2.93. The van der Waals surface area contributed by atoms with Gasteiger partial charge < -0.3 is 20.7 Å². The van der Waals surface area contributed by atoms with Crippen LogP contribution < -0.4 is 5.73 Å². The van der Waals surface area contributed by atoms with Gasteiger partial charge in [0.2, 0.25) is 0 Å². The van der Waals surface area contributed by atoms with Crippen molar-refractivity contribution >= 4 is 17.0 Å². The highest BCUT2D eigenvalue weighted by Crippen LogP contribution is 2.33. The van der Waals surface area contributed by atoms with Crippen molar-refractivity contribution in [2.75, 3.05) is 12.3 Å². The highest BCUT2D eigenvalue weighted by atomic mass is 19.1. The first-order valence-electron chi connectivity index (χ1n) is 5.77. The van der Waals surface area contributed by atoms with E-state index in [2.05, 4.69) is 15.0 Å². The molecule has 10 heteroatoms. The Morgan fingerprint density at radius 2 is 2.20 bits per heavy atom. The third-order valence-corrected chi connectivity index (χ3v) is 3.17. The zero-order valence-corrected chi connectivity index (χ0v) is 10.0. The Hall–Kier alpha value is -1.91. The highest BCUT2D eigenvalue weighted by Gasteiger charge is 2.45. The van der Waals surface area contributed by atoms with E-state index in [1.165, 1.54) is 6.33 Å². The van der Waals surface area contributed by atoms with Gasteiger partial charge in [-0.3, -0.25) is 4.57 Å². The Bertz CT molecular complexity index is 651. The summed E-state index contributed by atoms with van der Waals surface area (Å²) in [5, 5.41) is 18.6. The number of aromatic nitrogens is 4. The first kappa shape index (κ1) is 13.1. The molecule has 3 rings (SSSR count). The Morgan fingerprint density at radius 3 is 2.85 bits per heavy atom. The Balaban J connectivity index is 2.07. The summed E-state index contributed by atoms with van der Waals surface area (Å²) >= 11 is 0. The smallest absolute Gasteiger partial charge is 0.312 e.